The highest BCUT2D eigenvalue weighted by atomic mass is 32.1. The van der Waals surface area contributed by atoms with Crippen LogP contribution >= 0.6 is 11.3 Å². The van der Waals surface area contributed by atoms with Crippen LogP contribution in [-0.4, -0.2) is 54.4 Å². The van der Waals surface area contributed by atoms with Crippen LogP contribution in [0.1, 0.15) is 59.4 Å². The van der Waals surface area contributed by atoms with Crippen LogP contribution in [0.5, 0.6) is 0 Å². The summed E-state index contributed by atoms with van der Waals surface area (Å²) in [6.07, 6.45) is 5.22. The van der Waals surface area contributed by atoms with Gasteiger partial charge in [0.25, 0.3) is 0 Å². The summed E-state index contributed by atoms with van der Waals surface area (Å²) in [5.74, 6) is 1.32. The number of nitrogens with zero attached hydrogens (tertiary/aromatic N) is 6. The molecule has 12 heteroatoms. The molecular formula is C32H33F3N8S. The first-order valence-electron chi connectivity index (χ1n) is 15.0. The van der Waals surface area contributed by atoms with Gasteiger partial charge in [-0.1, -0.05) is 18.9 Å². The van der Waals surface area contributed by atoms with E-state index in [1.54, 1.807) is 12.3 Å². The summed E-state index contributed by atoms with van der Waals surface area (Å²) in [5, 5.41) is 22.2. The zero-order valence-corrected chi connectivity index (χ0v) is 25.2. The summed E-state index contributed by atoms with van der Waals surface area (Å²) in [4.78, 5) is 12.1. The number of likely N-dealkylation sites (tertiary alicyclic amines) is 1. The SMILES string of the molecule is Cc1c(CN2CCC(CC3CC3)(Nc3ncnc4sc(CC(F)(F)F)cc34)CC2)ccc2c1cc(C#N)n2Cc1cn[nH]c1. The lowest BCUT2D eigenvalue weighted by atomic mass is 9.82. The lowest BCUT2D eigenvalue weighted by Crippen LogP contribution is -2.49. The number of aryl methyl sites for hydroxylation is 1. The van der Waals surface area contributed by atoms with Crippen molar-refractivity contribution in [2.24, 2.45) is 5.92 Å². The van der Waals surface area contributed by atoms with Gasteiger partial charge in [-0.2, -0.15) is 23.5 Å². The number of thiophene rings is 1. The maximum absolute atomic E-state index is 13.1. The molecule has 2 fully saturated rings. The Morgan fingerprint density at radius 3 is 2.66 bits per heavy atom. The number of anilines is 1. The summed E-state index contributed by atoms with van der Waals surface area (Å²) in [5.41, 5.74) is 4.96. The maximum atomic E-state index is 13.1. The molecule has 0 atom stereocenters. The number of piperidine rings is 1. The fourth-order valence-corrected chi connectivity index (χ4v) is 7.70. The number of H-pyrrole nitrogens is 1. The third-order valence-electron chi connectivity index (χ3n) is 9.20. The Balaban J connectivity index is 1.09. The van der Waals surface area contributed by atoms with Crippen LogP contribution in [0.15, 0.2) is 43.0 Å². The van der Waals surface area contributed by atoms with Crippen molar-refractivity contribution in [1.29, 1.82) is 5.26 Å². The molecule has 0 radical (unpaired) electrons. The molecule has 0 unspecified atom stereocenters. The fourth-order valence-electron chi connectivity index (χ4n) is 6.68. The van der Waals surface area contributed by atoms with Crippen molar-refractivity contribution in [1.82, 2.24) is 29.6 Å². The van der Waals surface area contributed by atoms with Crippen LogP contribution in [0, 0.1) is 24.2 Å². The molecule has 1 aliphatic carbocycles. The summed E-state index contributed by atoms with van der Waals surface area (Å²) < 4.78 is 41.3. The number of halogens is 3. The first-order chi connectivity index (χ1) is 21.2. The van der Waals surface area contributed by atoms with Crippen molar-refractivity contribution in [2.45, 2.75) is 70.3 Å². The molecule has 1 saturated carbocycles. The Kier molecular flexibility index (Phi) is 7.33. The minimum atomic E-state index is -4.26. The molecule has 0 amide bonds. The van der Waals surface area contributed by atoms with E-state index in [-0.39, 0.29) is 10.4 Å². The van der Waals surface area contributed by atoms with Crippen LogP contribution in [0.25, 0.3) is 21.1 Å². The summed E-state index contributed by atoms with van der Waals surface area (Å²) in [6, 6.07) is 10.3. The molecule has 8 nitrogen and oxygen atoms in total. The first kappa shape index (κ1) is 28.8. The van der Waals surface area contributed by atoms with Crippen molar-refractivity contribution in [2.75, 3.05) is 18.4 Å². The highest BCUT2D eigenvalue weighted by molar-refractivity contribution is 7.18. The molecule has 44 heavy (non-hydrogen) atoms. The van der Waals surface area contributed by atoms with E-state index >= 15 is 0 Å². The van der Waals surface area contributed by atoms with E-state index < -0.39 is 12.6 Å². The molecule has 5 aromatic rings. The second kappa shape index (κ2) is 11.2. The van der Waals surface area contributed by atoms with Crippen LogP contribution in [0.3, 0.4) is 0 Å². The van der Waals surface area contributed by atoms with Crippen LogP contribution in [0.2, 0.25) is 0 Å². The molecule has 1 aromatic carbocycles. The average molecular weight is 619 g/mol. The number of rotatable bonds is 9. The smallest absolute Gasteiger partial charge is 0.364 e. The molecule has 7 rings (SSSR count). The standard InChI is InChI=1S/C32H33F3N8S/c1-20-23(4-5-28-26(20)10-24(14-36)43(28)17-22-15-39-40-16-22)18-42-8-6-31(7-9-42,12-21-2-3-21)41-29-27-11-25(13-32(33,34)35)44-30(27)38-19-37-29/h4-5,10-11,15-16,19,21H,2-3,6-9,12-13,17-18H2,1H3,(H,39,40)(H,37,38,41). The van der Waals surface area contributed by atoms with Gasteiger partial charge in [0.2, 0.25) is 0 Å². The molecule has 4 aromatic heterocycles. The van der Waals surface area contributed by atoms with Crippen molar-refractivity contribution in [3.63, 3.8) is 0 Å². The minimum Gasteiger partial charge on any atom is -0.364 e. The number of benzene rings is 1. The molecule has 5 heterocycles. The van der Waals surface area contributed by atoms with Gasteiger partial charge < -0.3 is 9.88 Å². The second-order valence-electron chi connectivity index (χ2n) is 12.4. The van der Waals surface area contributed by atoms with E-state index in [9.17, 15) is 18.4 Å². The minimum absolute atomic E-state index is 0.157. The largest absolute Gasteiger partial charge is 0.393 e. The van der Waals surface area contributed by atoms with E-state index in [2.05, 4.69) is 55.5 Å². The van der Waals surface area contributed by atoms with Crippen molar-refractivity contribution in [3.8, 4) is 6.07 Å². The number of alkyl halides is 3. The van der Waals surface area contributed by atoms with Crippen LogP contribution < -0.4 is 5.32 Å². The highest BCUT2D eigenvalue weighted by Gasteiger charge is 2.40. The zero-order chi connectivity index (χ0) is 30.5. The Labute approximate surface area is 256 Å². The average Bonchev–Trinajstić information content (AvgIpc) is 3.33. The van der Waals surface area contributed by atoms with Gasteiger partial charge in [-0.25, -0.2) is 9.97 Å². The lowest BCUT2D eigenvalue weighted by molar-refractivity contribution is -0.126. The molecular weight excluding hydrogens is 585 g/mol. The van der Waals surface area contributed by atoms with Gasteiger partial charge in [-0.15, -0.1) is 11.3 Å². The maximum Gasteiger partial charge on any atom is 0.393 e. The Hall–Kier alpha value is -3.95. The Morgan fingerprint density at radius 1 is 1.14 bits per heavy atom. The Morgan fingerprint density at radius 2 is 1.95 bits per heavy atom. The highest BCUT2D eigenvalue weighted by Crippen LogP contribution is 2.43. The molecule has 2 aliphatic rings. The quantitative estimate of drug-likeness (QED) is 0.186. The third-order valence-corrected chi connectivity index (χ3v) is 10.2. The number of aromatic nitrogens is 5. The van der Waals surface area contributed by atoms with E-state index in [0.29, 0.717) is 34.2 Å². The fraction of sp³-hybridized carbons (Fsp3) is 0.438. The molecule has 1 aliphatic heterocycles. The second-order valence-corrected chi connectivity index (χ2v) is 13.5. The predicted molar refractivity (Wildman–Crippen MR) is 164 cm³/mol. The zero-order valence-electron chi connectivity index (χ0n) is 24.4. The topological polar surface area (TPSA) is 98.5 Å². The van der Waals surface area contributed by atoms with Crippen LogP contribution in [0.4, 0.5) is 19.0 Å². The predicted octanol–water partition coefficient (Wildman–Crippen LogP) is 6.95. The van der Waals surface area contributed by atoms with Gasteiger partial charge in [0.1, 0.15) is 28.7 Å². The number of hydrogen-bond acceptors (Lipinski definition) is 7. The summed E-state index contributed by atoms with van der Waals surface area (Å²) >= 11 is 1.09. The summed E-state index contributed by atoms with van der Waals surface area (Å²) in [7, 11) is 0. The van der Waals surface area contributed by atoms with Gasteiger partial charge >= 0.3 is 6.18 Å². The van der Waals surface area contributed by atoms with Crippen LogP contribution in [-0.2, 0) is 19.5 Å². The van der Waals surface area contributed by atoms with Gasteiger partial charge in [-0.3, -0.25) is 10.00 Å². The number of nitrogens with one attached hydrogen (secondary N) is 2. The lowest BCUT2D eigenvalue weighted by Gasteiger charge is -2.43. The third kappa shape index (κ3) is 5.90. The van der Waals surface area contributed by atoms with E-state index in [1.807, 2.05) is 16.8 Å². The molecule has 0 bridgehead atoms. The number of nitriles is 1. The van der Waals surface area contributed by atoms with E-state index in [4.69, 9.17) is 0 Å². The van der Waals surface area contributed by atoms with Gasteiger partial charge in [-0.05, 0) is 61.4 Å². The van der Waals surface area contributed by atoms with E-state index in [0.717, 1.165) is 66.7 Å². The monoisotopic (exact) mass is 618 g/mol. The molecule has 0 spiro atoms. The number of aromatic amines is 1. The molecule has 228 valence electrons. The summed E-state index contributed by atoms with van der Waals surface area (Å²) in [6.45, 7) is 5.34. The van der Waals surface area contributed by atoms with Crippen molar-refractivity contribution in [3.05, 3.63) is 70.2 Å². The van der Waals surface area contributed by atoms with Crippen molar-refractivity contribution < 1.29 is 13.2 Å². The van der Waals surface area contributed by atoms with Gasteiger partial charge in [0, 0.05) is 52.7 Å². The first-order valence-corrected chi connectivity index (χ1v) is 15.8. The Bertz CT molecular complexity index is 1840. The number of fused-ring (bicyclic) bond motifs is 2. The normalized spacial score (nSPS) is 17.3. The van der Waals surface area contributed by atoms with Gasteiger partial charge in [0.05, 0.1) is 24.5 Å². The van der Waals surface area contributed by atoms with Crippen molar-refractivity contribution >= 4 is 38.3 Å². The van der Waals surface area contributed by atoms with E-state index in [1.165, 1.54) is 30.3 Å². The number of hydrogen-bond donors (Lipinski definition) is 2. The molecule has 2 N–H and O–H groups in total. The van der Waals surface area contributed by atoms with Gasteiger partial charge in [0.15, 0.2) is 0 Å². The molecule has 1 saturated heterocycles.